The summed E-state index contributed by atoms with van der Waals surface area (Å²) in [5.74, 6) is -1.20. The number of nitrogen functional groups attached to an aromatic ring is 1. The molecule has 1 unspecified atom stereocenters. The van der Waals surface area contributed by atoms with E-state index in [1.807, 2.05) is 6.92 Å². The molecule has 0 aliphatic rings. The molecule has 1 rings (SSSR count). The lowest BCUT2D eigenvalue weighted by atomic mass is 10.1. The zero-order chi connectivity index (χ0) is 13.7. The monoisotopic (exact) mass is 251 g/mol. The lowest BCUT2D eigenvalue weighted by Crippen LogP contribution is -2.37. The van der Waals surface area contributed by atoms with Gasteiger partial charge >= 0.3 is 5.97 Å². The molecule has 0 aliphatic heterocycles. The molecule has 1 atom stereocenters. The number of hydrogen-bond acceptors (Lipinski definition) is 4. The van der Waals surface area contributed by atoms with E-state index in [9.17, 15) is 9.59 Å². The first kappa shape index (κ1) is 13.8. The van der Waals surface area contributed by atoms with Crippen molar-refractivity contribution in [2.75, 3.05) is 17.6 Å². The first-order chi connectivity index (χ1) is 8.45. The highest BCUT2D eigenvalue weighted by Crippen LogP contribution is 2.18. The van der Waals surface area contributed by atoms with E-state index in [2.05, 4.69) is 10.6 Å². The molecule has 0 aromatic heterocycles. The Bertz CT molecular complexity index is 460. The molecule has 0 heterocycles. The predicted molar refractivity (Wildman–Crippen MR) is 69.6 cm³/mol. The van der Waals surface area contributed by atoms with Crippen LogP contribution in [-0.4, -0.2) is 29.6 Å². The number of carbonyl (C=O) groups is 2. The maximum Gasteiger partial charge on any atom is 0.337 e. The molecular formula is C12H17N3O3. The van der Waals surface area contributed by atoms with Crippen LogP contribution in [0.5, 0.6) is 0 Å². The summed E-state index contributed by atoms with van der Waals surface area (Å²) < 4.78 is 0. The van der Waals surface area contributed by atoms with E-state index in [1.165, 1.54) is 12.1 Å². The minimum absolute atomic E-state index is 0.0474. The number of nitrogens with two attached hydrogens (primary N) is 1. The van der Waals surface area contributed by atoms with Gasteiger partial charge in [-0.05, 0) is 32.0 Å². The topological polar surface area (TPSA) is 104 Å². The summed E-state index contributed by atoms with van der Waals surface area (Å²) in [6, 6.07) is 4.07. The Balaban J connectivity index is 2.77. The fraction of sp³-hybridized carbons (Fsp3) is 0.333. The Morgan fingerprint density at radius 3 is 2.61 bits per heavy atom. The van der Waals surface area contributed by atoms with Crippen LogP contribution in [-0.2, 0) is 4.79 Å². The van der Waals surface area contributed by atoms with Crippen LogP contribution < -0.4 is 16.4 Å². The van der Waals surface area contributed by atoms with Gasteiger partial charge in [-0.3, -0.25) is 4.79 Å². The van der Waals surface area contributed by atoms with Gasteiger partial charge in [0.15, 0.2) is 0 Å². The van der Waals surface area contributed by atoms with E-state index in [1.54, 1.807) is 13.0 Å². The van der Waals surface area contributed by atoms with E-state index in [-0.39, 0.29) is 17.2 Å². The second-order valence-electron chi connectivity index (χ2n) is 3.87. The Hall–Kier alpha value is -2.24. The number of likely N-dealkylation sites (N-methyl/N-ethyl adjacent to an activating group) is 1. The molecule has 0 saturated heterocycles. The average molecular weight is 251 g/mol. The zero-order valence-corrected chi connectivity index (χ0v) is 10.4. The van der Waals surface area contributed by atoms with Gasteiger partial charge in [-0.15, -0.1) is 0 Å². The minimum atomic E-state index is -1.07. The second-order valence-corrected chi connectivity index (χ2v) is 3.87. The summed E-state index contributed by atoms with van der Waals surface area (Å²) in [7, 11) is 0. The first-order valence-electron chi connectivity index (χ1n) is 5.62. The molecule has 6 heteroatoms. The van der Waals surface area contributed by atoms with Crippen LogP contribution in [0.3, 0.4) is 0 Å². The molecule has 0 fully saturated rings. The van der Waals surface area contributed by atoms with E-state index in [0.29, 0.717) is 12.2 Å². The van der Waals surface area contributed by atoms with Crippen LogP contribution >= 0.6 is 0 Å². The van der Waals surface area contributed by atoms with Crippen molar-refractivity contribution in [2.24, 2.45) is 0 Å². The van der Waals surface area contributed by atoms with Gasteiger partial charge in [-0.2, -0.15) is 0 Å². The maximum absolute atomic E-state index is 11.5. The zero-order valence-electron chi connectivity index (χ0n) is 10.4. The quantitative estimate of drug-likeness (QED) is 0.582. The molecular weight excluding hydrogens is 234 g/mol. The molecule has 0 spiro atoms. The van der Waals surface area contributed by atoms with Crippen molar-refractivity contribution in [3.05, 3.63) is 23.8 Å². The fourth-order valence-corrected chi connectivity index (χ4v) is 1.49. The molecule has 0 bridgehead atoms. The van der Waals surface area contributed by atoms with Crippen LogP contribution in [0.2, 0.25) is 0 Å². The summed E-state index contributed by atoms with van der Waals surface area (Å²) in [5.41, 5.74) is 6.43. The Morgan fingerprint density at radius 1 is 1.44 bits per heavy atom. The van der Waals surface area contributed by atoms with Gasteiger partial charge in [-0.1, -0.05) is 0 Å². The number of aromatic carboxylic acids is 1. The van der Waals surface area contributed by atoms with E-state index in [4.69, 9.17) is 10.8 Å². The van der Waals surface area contributed by atoms with E-state index >= 15 is 0 Å². The van der Waals surface area contributed by atoms with Gasteiger partial charge in [0, 0.05) is 17.9 Å². The van der Waals surface area contributed by atoms with Crippen molar-refractivity contribution in [2.45, 2.75) is 19.9 Å². The Labute approximate surface area is 105 Å². The van der Waals surface area contributed by atoms with Crippen molar-refractivity contribution < 1.29 is 14.7 Å². The van der Waals surface area contributed by atoms with Gasteiger partial charge in [0.2, 0.25) is 5.91 Å². The average Bonchev–Trinajstić information content (AvgIpc) is 2.28. The molecule has 6 nitrogen and oxygen atoms in total. The number of carboxylic acids is 1. The maximum atomic E-state index is 11.5. The number of hydrogen-bond donors (Lipinski definition) is 4. The molecule has 18 heavy (non-hydrogen) atoms. The third kappa shape index (κ3) is 3.38. The summed E-state index contributed by atoms with van der Waals surface area (Å²) in [4.78, 5) is 22.3. The van der Waals surface area contributed by atoms with Crippen LogP contribution in [0.4, 0.5) is 11.4 Å². The van der Waals surface area contributed by atoms with E-state index in [0.717, 1.165) is 0 Å². The summed E-state index contributed by atoms with van der Waals surface area (Å²) >= 11 is 0. The number of anilines is 2. The van der Waals surface area contributed by atoms with Crippen LogP contribution in [0, 0.1) is 0 Å². The SMILES string of the molecule is CCNC(=O)C(C)Nc1ccc(C(=O)O)c(N)c1. The minimum Gasteiger partial charge on any atom is -0.478 e. The molecule has 98 valence electrons. The fourth-order valence-electron chi connectivity index (χ4n) is 1.49. The highest BCUT2D eigenvalue weighted by Gasteiger charge is 2.13. The molecule has 0 aliphatic carbocycles. The molecule has 0 saturated carbocycles. The van der Waals surface area contributed by atoms with Gasteiger partial charge < -0.3 is 21.5 Å². The van der Waals surface area contributed by atoms with Crippen molar-refractivity contribution in [1.29, 1.82) is 0 Å². The molecule has 1 aromatic carbocycles. The molecule has 5 N–H and O–H groups in total. The molecule has 0 radical (unpaired) electrons. The Morgan fingerprint density at radius 2 is 2.11 bits per heavy atom. The standard InChI is InChI=1S/C12H17N3O3/c1-3-14-11(16)7(2)15-8-4-5-9(12(17)18)10(13)6-8/h4-7,15H,3,13H2,1-2H3,(H,14,16)(H,17,18). The van der Waals surface area contributed by atoms with E-state index < -0.39 is 12.0 Å². The lowest BCUT2D eigenvalue weighted by molar-refractivity contribution is -0.121. The van der Waals surface area contributed by atoms with Crippen molar-refractivity contribution in [3.63, 3.8) is 0 Å². The number of nitrogens with one attached hydrogen (secondary N) is 2. The highest BCUT2D eigenvalue weighted by molar-refractivity contribution is 5.94. The normalized spacial score (nSPS) is 11.7. The van der Waals surface area contributed by atoms with Crippen molar-refractivity contribution in [3.8, 4) is 0 Å². The smallest absolute Gasteiger partial charge is 0.337 e. The first-order valence-corrected chi connectivity index (χ1v) is 5.62. The van der Waals surface area contributed by atoms with Gasteiger partial charge in [-0.25, -0.2) is 4.79 Å². The Kier molecular flexibility index (Phi) is 4.53. The summed E-state index contributed by atoms with van der Waals surface area (Å²) in [6.45, 7) is 4.11. The van der Waals surface area contributed by atoms with Crippen LogP contribution in [0.25, 0.3) is 0 Å². The number of rotatable bonds is 5. The molecule has 1 aromatic rings. The van der Waals surface area contributed by atoms with Crippen LogP contribution in [0.15, 0.2) is 18.2 Å². The largest absolute Gasteiger partial charge is 0.478 e. The van der Waals surface area contributed by atoms with Crippen molar-refractivity contribution in [1.82, 2.24) is 5.32 Å². The van der Waals surface area contributed by atoms with Gasteiger partial charge in [0.05, 0.1) is 5.56 Å². The summed E-state index contributed by atoms with van der Waals surface area (Å²) in [6.07, 6.45) is 0. The predicted octanol–water partition coefficient (Wildman–Crippen LogP) is 0.903. The highest BCUT2D eigenvalue weighted by atomic mass is 16.4. The van der Waals surface area contributed by atoms with Crippen LogP contribution in [0.1, 0.15) is 24.2 Å². The number of carbonyl (C=O) groups excluding carboxylic acids is 1. The number of amides is 1. The third-order valence-corrected chi connectivity index (χ3v) is 2.41. The summed E-state index contributed by atoms with van der Waals surface area (Å²) in [5, 5.41) is 14.5. The second kappa shape index (κ2) is 5.90. The van der Waals surface area contributed by atoms with Gasteiger partial charge in [0.25, 0.3) is 0 Å². The van der Waals surface area contributed by atoms with Crippen molar-refractivity contribution >= 4 is 23.3 Å². The third-order valence-electron chi connectivity index (χ3n) is 2.41. The van der Waals surface area contributed by atoms with Gasteiger partial charge in [0.1, 0.15) is 6.04 Å². The number of benzene rings is 1. The lowest BCUT2D eigenvalue weighted by Gasteiger charge is -2.15. The number of carboxylic acid groups (broad SMARTS) is 1. The molecule has 1 amide bonds.